The van der Waals surface area contributed by atoms with Gasteiger partial charge in [-0.15, -0.1) is 0 Å². The fourth-order valence-corrected chi connectivity index (χ4v) is 4.17. The van der Waals surface area contributed by atoms with Gasteiger partial charge in [-0.1, -0.05) is 0 Å². The number of nitrogens with one attached hydrogen (secondary N) is 1. The Labute approximate surface area is 195 Å². The lowest BCUT2D eigenvalue weighted by molar-refractivity contribution is -0.117. The minimum atomic E-state index is -2.87. The third-order valence-electron chi connectivity index (χ3n) is 6.27. The first-order chi connectivity index (χ1) is 16.8. The van der Waals surface area contributed by atoms with Crippen LogP contribution in [0.5, 0.6) is 0 Å². The fourth-order valence-electron chi connectivity index (χ4n) is 4.17. The third kappa shape index (κ3) is 3.78. The van der Waals surface area contributed by atoms with Crippen molar-refractivity contribution in [2.75, 3.05) is 18.5 Å². The maximum Gasteiger partial charge on any atom is 0.281 e. The fraction of sp³-hybridized carbons (Fsp3) is 0.348. The Morgan fingerprint density at radius 2 is 2.03 bits per heavy atom. The molecule has 0 bridgehead atoms. The molecule has 0 spiro atoms. The Morgan fingerprint density at radius 1 is 1.20 bits per heavy atom. The van der Waals surface area contributed by atoms with Gasteiger partial charge in [-0.3, -0.25) is 9.78 Å². The van der Waals surface area contributed by atoms with Crippen LogP contribution in [-0.2, 0) is 15.1 Å². The number of anilines is 1. The molecule has 6 rings (SSSR count). The molecule has 1 saturated carbocycles. The molecule has 180 valence electrons. The number of aliphatic hydroxyl groups is 1. The summed E-state index contributed by atoms with van der Waals surface area (Å²) in [4.78, 5) is 28.9. The molecule has 2 N–H and O–H groups in total. The first-order valence-corrected chi connectivity index (χ1v) is 10.9. The standard InChI is InChI=1S/C23H18F3N5O4/c24-14-5-11(14)21(32)30-17-6-10-12(7-27-17)18(19(25)26)28-8-13(10)22-31-20-15(35-22)1-2-16(29-20)23(33)3-4-34-9-23/h1-2,6-8,11,14,19,33H,3-5,9H2,(H,27,30,32)/t11-,14+,23+/m1/s1. The molecule has 4 aromatic rings. The Kier molecular flexibility index (Phi) is 4.97. The van der Waals surface area contributed by atoms with E-state index in [4.69, 9.17) is 9.15 Å². The highest BCUT2D eigenvalue weighted by atomic mass is 19.3. The normalized spacial score (nSPS) is 23.9. The van der Waals surface area contributed by atoms with Crippen molar-refractivity contribution in [2.45, 2.75) is 31.0 Å². The number of alkyl halides is 3. The SMILES string of the molecule is O=C(Nc1cc2c(-c3nc4nc([C@]5(O)CCOC5)ccc4o3)cnc(C(F)F)c2cn1)[C@@H]1C[C@@H]1F. The molecule has 1 aliphatic carbocycles. The summed E-state index contributed by atoms with van der Waals surface area (Å²) in [5.41, 5.74) is -0.505. The van der Waals surface area contributed by atoms with Gasteiger partial charge in [-0.2, -0.15) is 4.98 Å². The Bertz CT molecular complexity index is 1470. The second-order valence-corrected chi connectivity index (χ2v) is 8.69. The largest absolute Gasteiger partial charge is 0.434 e. The Hall–Kier alpha value is -3.64. The number of aromatic nitrogens is 4. The quantitative estimate of drug-likeness (QED) is 0.439. The topological polar surface area (TPSA) is 123 Å². The average Bonchev–Trinajstić information content (AvgIpc) is 3.21. The maximum absolute atomic E-state index is 13.6. The summed E-state index contributed by atoms with van der Waals surface area (Å²) in [6, 6.07) is 4.64. The summed E-state index contributed by atoms with van der Waals surface area (Å²) in [5, 5.41) is 13.6. The van der Waals surface area contributed by atoms with E-state index in [1.165, 1.54) is 18.5 Å². The van der Waals surface area contributed by atoms with Crippen molar-refractivity contribution in [3.8, 4) is 11.5 Å². The highest BCUT2D eigenvalue weighted by molar-refractivity contribution is 6.00. The Balaban J connectivity index is 1.44. The van der Waals surface area contributed by atoms with Gasteiger partial charge in [0.25, 0.3) is 6.43 Å². The smallest absolute Gasteiger partial charge is 0.281 e. The lowest BCUT2D eigenvalue weighted by Gasteiger charge is -2.18. The Morgan fingerprint density at radius 3 is 2.74 bits per heavy atom. The summed E-state index contributed by atoms with van der Waals surface area (Å²) in [6.07, 6.45) is -1.13. The predicted octanol–water partition coefficient (Wildman–Crippen LogP) is 3.68. The van der Waals surface area contributed by atoms with Crippen molar-refractivity contribution in [2.24, 2.45) is 5.92 Å². The molecule has 35 heavy (non-hydrogen) atoms. The molecule has 1 aliphatic heterocycles. The minimum absolute atomic E-state index is 0.0543. The van der Waals surface area contributed by atoms with Gasteiger partial charge in [0.2, 0.25) is 11.8 Å². The minimum Gasteiger partial charge on any atom is -0.434 e. The number of carbonyl (C=O) groups excluding carboxylic acids is 1. The number of halogens is 3. The highest BCUT2D eigenvalue weighted by Crippen LogP contribution is 2.37. The zero-order valence-corrected chi connectivity index (χ0v) is 18.0. The van der Waals surface area contributed by atoms with E-state index in [1.54, 1.807) is 12.1 Å². The summed E-state index contributed by atoms with van der Waals surface area (Å²) in [6.45, 7) is 0.527. The van der Waals surface area contributed by atoms with Crippen LogP contribution in [0, 0.1) is 5.92 Å². The summed E-state index contributed by atoms with van der Waals surface area (Å²) < 4.78 is 51.6. The number of ether oxygens (including phenoxy) is 1. The number of fused-ring (bicyclic) bond motifs is 2. The molecule has 3 atom stereocenters. The van der Waals surface area contributed by atoms with Gasteiger partial charge in [-0.05, 0) is 24.6 Å². The second-order valence-electron chi connectivity index (χ2n) is 8.69. The van der Waals surface area contributed by atoms with E-state index in [1.807, 2.05) is 0 Å². The number of pyridine rings is 3. The van der Waals surface area contributed by atoms with Crippen LogP contribution in [0.25, 0.3) is 33.5 Å². The van der Waals surface area contributed by atoms with Gasteiger partial charge in [0, 0.05) is 36.2 Å². The zero-order valence-electron chi connectivity index (χ0n) is 18.0. The van der Waals surface area contributed by atoms with Crippen LogP contribution in [-0.4, -0.2) is 50.3 Å². The number of amides is 1. The van der Waals surface area contributed by atoms with E-state index in [0.717, 1.165) is 0 Å². The molecule has 2 aliphatic rings. The van der Waals surface area contributed by atoms with Crippen molar-refractivity contribution in [1.29, 1.82) is 0 Å². The van der Waals surface area contributed by atoms with Gasteiger partial charge in [0.15, 0.2) is 11.2 Å². The first kappa shape index (κ1) is 21.9. The van der Waals surface area contributed by atoms with Crippen LogP contribution in [0.2, 0.25) is 0 Å². The molecule has 0 unspecified atom stereocenters. The monoisotopic (exact) mass is 485 g/mol. The van der Waals surface area contributed by atoms with Gasteiger partial charge in [-0.25, -0.2) is 23.1 Å². The number of carbonyl (C=O) groups is 1. The van der Waals surface area contributed by atoms with Gasteiger partial charge >= 0.3 is 0 Å². The maximum atomic E-state index is 13.6. The van der Waals surface area contributed by atoms with E-state index in [-0.39, 0.29) is 46.7 Å². The van der Waals surface area contributed by atoms with Gasteiger partial charge in [0.05, 0.1) is 23.8 Å². The van der Waals surface area contributed by atoms with Crippen LogP contribution >= 0.6 is 0 Å². The van der Waals surface area contributed by atoms with E-state index < -0.39 is 35.7 Å². The van der Waals surface area contributed by atoms with E-state index >= 15 is 0 Å². The summed E-state index contributed by atoms with van der Waals surface area (Å²) in [7, 11) is 0. The molecule has 5 heterocycles. The van der Waals surface area contributed by atoms with Gasteiger partial charge < -0.3 is 19.6 Å². The van der Waals surface area contributed by atoms with E-state index in [9.17, 15) is 23.1 Å². The molecule has 1 saturated heterocycles. The predicted molar refractivity (Wildman–Crippen MR) is 116 cm³/mol. The number of nitrogens with zero attached hydrogens (tertiary/aromatic N) is 4. The van der Waals surface area contributed by atoms with Gasteiger partial charge in [0.1, 0.15) is 23.3 Å². The van der Waals surface area contributed by atoms with Crippen LogP contribution in [0.15, 0.2) is 35.0 Å². The van der Waals surface area contributed by atoms with Crippen molar-refractivity contribution < 1.29 is 32.2 Å². The molecule has 0 radical (unpaired) electrons. The number of oxazole rings is 1. The van der Waals surface area contributed by atoms with E-state index in [2.05, 4.69) is 25.3 Å². The van der Waals surface area contributed by atoms with Crippen molar-refractivity contribution in [3.05, 3.63) is 42.0 Å². The second kappa shape index (κ2) is 7.95. The van der Waals surface area contributed by atoms with Crippen molar-refractivity contribution in [1.82, 2.24) is 19.9 Å². The molecular formula is C23H18F3N5O4. The summed E-state index contributed by atoms with van der Waals surface area (Å²) in [5.74, 6) is -1.12. The third-order valence-corrected chi connectivity index (χ3v) is 6.27. The molecule has 9 nitrogen and oxygen atoms in total. The van der Waals surface area contributed by atoms with Crippen molar-refractivity contribution in [3.63, 3.8) is 0 Å². The molecular weight excluding hydrogens is 467 g/mol. The van der Waals surface area contributed by atoms with Crippen LogP contribution in [0.3, 0.4) is 0 Å². The molecule has 0 aromatic carbocycles. The molecule has 2 fully saturated rings. The number of hydrogen-bond donors (Lipinski definition) is 2. The van der Waals surface area contributed by atoms with Crippen LogP contribution in [0.1, 0.15) is 30.7 Å². The number of rotatable bonds is 5. The lowest BCUT2D eigenvalue weighted by atomic mass is 9.98. The molecule has 12 heteroatoms. The molecule has 1 amide bonds. The molecule has 4 aromatic heterocycles. The lowest BCUT2D eigenvalue weighted by Crippen LogP contribution is -2.26. The van der Waals surface area contributed by atoms with E-state index in [0.29, 0.717) is 24.3 Å². The van der Waals surface area contributed by atoms with Crippen molar-refractivity contribution >= 4 is 33.7 Å². The van der Waals surface area contributed by atoms with Crippen LogP contribution in [0.4, 0.5) is 19.0 Å². The number of hydrogen-bond acceptors (Lipinski definition) is 8. The average molecular weight is 485 g/mol. The zero-order chi connectivity index (χ0) is 24.3. The summed E-state index contributed by atoms with van der Waals surface area (Å²) >= 11 is 0. The highest BCUT2D eigenvalue weighted by Gasteiger charge is 2.43. The first-order valence-electron chi connectivity index (χ1n) is 10.9. The van der Waals surface area contributed by atoms with Crippen LogP contribution < -0.4 is 5.32 Å².